The smallest absolute Gasteiger partial charge is 0.246 e. The summed E-state index contributed by atoms with van der Waals surface area (Å²) in [6.07, 6.45) is 1.10. The van der Waals surface area contributed by atoms with Gasteiger partial charge < -0.3 is 19.9 Å². The van der Waals surface area contributed by atoms with Crippen molar-refractivity contribution in [3.05, 3.63) is 100 Å². The third kappa shape index (κ3) is 4.69. The number of benzene rings is 3. The lowest BCUT2D eigenvalue weighted by Crippen LogP contribution is -2.52. The Balaban J connectivity index is 1.58. The average molecular weight is 502 g/mol. The summed E-state index contributed by atoms with van der Waals surface area (Å²) in [7, 11) is 1.63. The van der Waals surface area contributed by atoms with Gasteiger partial charge in [0.15, 0.2) is 0 Å². The van der Waals surface area contributed by atoms with Gasteiger partial charge in [0.1, 0.15) is 11.8 Å². The number of amides is 2. The minimum Gasteiger partial charge on any atom is -0.497 e. The van der Waals surface area contributed by atoms with Gasteiger partial charge in [0.2, 0.25) is 11.8 Å². The Morgan fingerprint density at radius 2 is 1.86 bits per heavy atom. The maximum atomic E-state index is 14.1. The summed E-state index contributed by atoms with van der Waals surface area (Å²) in [4.78, 5) is 31.6. The molecular weight excluding hydrogens is 474 g/mol. The number of aromatic nitrogens is 1. The Bertz CT molecular complexity index is 1400. The molecule has 0 saturated carbocycles. The van der Waals surface area contributed by atoms with Gasteiger partial charge in [0, 0.05) is 41.5 Å². The first-order valence-corrected chi connectivity index (χ1v) is 12.4. The number of H-pyrrole nitrogens is 1. The summed E-state index contributed by atoms with van der Waals surface area (Å²) < 4.78 is 5.36. The molecule has 2 N–H and O–H groups in total. The lowest BCUT2D eigenvalue weighted by molar-refractivity contribution is -0.138. The normalized spacial score (nSPS) is 15.9. The van der Waals surface area contributed by atoms with Gasteiger partial charge in [0.25, 0.3) is 0 Å². The Hall–Kier alpha value is -3.77. The van der Waals surface area contributed by atoms with Crippen LogP contribution < -0.4 is 10.1 Å². The number of ether oxygens (including phenoxy) is 1. The number of nitrogens with one attached hydrogen (secondary N) is 2. The summed E-state index contributed by atoms with van der Waals surface area (Å²) in [6.45, 7) is 1.97. The van der Waals surface area contributed by atoms with Gasteiger partial charge in [-0.25, -0.2) is 0 Å². The zero-order chi connectivity index (χ0) is 25.2. The van der Waals surface area contributed by atoms with Crippen molar-refractivity contribution in [1.29, 1.82) is 0 Å². The van der Waals surface area contributed by atoms with E-state index >= 15 is 0 Å². The van der Waals surface area contributed by atoms with Gasteiger partial charge in [-0.05, 0) is 53.4 Å². The molecule has 1 aromatic heterocycles. The van der Waals surface area contributed by atoms with Crippen LogP contribution in [-0.2, 0) is 22.4 Å². The minimum absolute atomic E-state index is 0.114. The van der Waals surface area contributed by atoms with E-state index in [1.807, 2.05) is 77.7 Å². The molecule has 6 nitrogen and oxygen atoms in total. The molecule has 7 heteroatoms. The van der Waals surface area contributed by atoms with Gasteiger partial charge in [-0.15, -0.1) is 0 Å². The SMILES string of the molecule is COc1ccc([C@H]2c3[nH]c4ccc(Cl)cc4c3CCN2C(=O)[C@H](Cc2ccccc2)NC(C)=O)cc1. The summed E-state index contributed by atoms with van der Waals surface area (Å²) >= 11 is 6.32. The predicted octanol–water partition coefficient (Wildman–Crippen LogP) is 5.05. The van der Waals surface area contributed by atoms with Crippen LogP contribution in [0.4, 0.5) is 0 Å². The fourth-order valence-electron chi connectivity index (χ4n) is 5.13. The lowest BCUT2D eigenvalue weighted by Gasteiger charge is -2.38. The molecule has 0 unspecified atom stereocenters. The van der Waals surface area contributed by atoms with E-state index in [-0.39, 0.29) is 17.9 Å². The Morgan fingerprint density at radius 3 is 2.56 bits per heavy atom. The van der Waals surface area contributed by atoms with Gasteiger partial charge in [-0.1, -0.05) is 54.1 Å². The number of methoxy groups -OCH3 is 1. The summed E-state index contributed by atoms with van der Waals surface area (Å²) in [5.74, 6) is 0.400. The third-order valence-corrected chi connectivity index (χ3v) is 7.00. The average Bonchev–Trinajstić information content (AvgIpc) is 3.25. The topological polar surface area (TPSA) is 74.4 Å². The van der Waals surface area contributed by atoms with Crippen molar-refractivity contribution in [2.75, 3.05) is 13.7 Å². The summed E-state index contributed by atoms with van der Waals surface area (Å²) in [6, 6.07) is 22.3. The molecule has 0 bridgehead atoms. The van der Waals surface area contributed by atoms with Gasteiger partial charge >= 0.3 is 0 Å². The van der Waals surface area contributed by atoms with Crippen LogP contribution in [0.15, 0.2) is 72.8 Å². The number of rotatable bonds is 6. The fourth-order valence-corrected chi connectivity index (χ4v) is 5.30. The van der Waals surface area contributed by atoms with Crippen molar-refractivity contribution in [3.63, 3.8) is 0 Å². The van der Waals surface area contributed by atoms with E-state index in [9.17, 15) is 9.59 Å². The van der Waals surface area contributed by atoms with E-state index < -0.39 is 6.04 Å². The molecule has 0 saturated heterocycles. The van der Waals surface area contributed by atoms with Crippen LogP contribution in [0.3, 0.4) is 0 Å². The Morgan fingerprint density at radius 1 is 1.11 bits per heavy atom. The van der Waals surface area contributed by atoms with E-state index in [0.717, 1.165) is 39.0 Å². The van der Waals surface area contributed by atoms with E-state index in [4.69, 9.17) is 16.3 Å². The van der Waals surface area contributed by atoms with Crippen molar-refractivity contribution < 1.29 is 14.3 Å². The van der Waals surface area contributed by atoms with Crippen LogP contribution in [0.25, 0.3) is 10.9 Å². The highest BCUT2D eigenvalue weighted by Crippen LogP contribution is 2.40. The monoisotopic (exact) mass is 501 g/mol. The van der Waals surface area contributed by atoms with Gasteiger partial charge in [-0.3, -0.25) is 9.59 Å². The van der Waals surface area contributed by atoms with E-state index in [0.29, 0.717) is 24.4 Å². The van der Waals surface area contributed by atoms with E-state index in [2.05, 4.69) is 10.3 Å². The standard InChI is InChI=1S/C29H28ClN3O3/c1-18(34)31-26(16-19-6-4-3-5-7-19)29(35)33-15-14-23-24-17-21(30)10-13-25(24)32-27(23)28(33)20-8-11-22(36-2)12-9-20/h3-13,17,26,28,32H,14-16H2,1-2H3,(H,31,34)/t26-,28-/m0/s1. The Kier molecular flexibility index (Phi) is 6.70. The molecular formula is C29H28ClN3O3. The van der Waals surface area contributed by atoms with Crippen LogP contribution in [0, 0.1) is 0 Å². The number of carbonyl (C=O) groups excluding carboxylic acids is 2. The quantitative estimate of drug-likeness (QED) is 0.388. The number of carbonyl (C=O) groups is 2. The van der Waals surface area contributed by atoms with Crippen LogP contribution in [-0.4, -0.2) is 41.4 Å². The molecule has 1 aliphatic heterocycles. The zero-order valence-corrected chi connectivity index (χ0v) is 21.0. The second-order valence-corrected chi connectivity index (χ2v) is 9.54. The molecule has 184 valence electrons. The number of fused-ring (bicyclic) bond motifs is 3. The highest BCUT2D eigenvalue weighted by atomic mass is 35.5. The molecule has 36 heavy (non-hydrogen) atoms. The maximum Gasteiger partial charge on any atom is 0.246 e. The number of nitrogens with zero attached hydrogens (tertiary/aromatic N) is 1. The second-order valence-electron chi connectivity index (χ2n) is 9.11. The molecule has 0 spiro atoms. The largest absolute Gasteiger partial charge is 0.497 e. The lowest BCUT2D eigenvalue weighted by atomic mass is 9.91. The van der Waals surface area contributed by atoms with Crippen molar-refractivity contribution in [2.24, 2.45) is 0 Å². The number of halogens is 1. The minimum atomic E-state index is -0.675. The highest BCUT2D eigenvalue weighted by molar-refractivity contribution is 6.31. The molecule has 0 radical (unpaired) electrons. The first kappa shape index (κ1) is 23.9. The maximum absolute atomic E-state index is 14.1. The van der Waals surface area contributed by atoms with Crippen molar-refractivity contribution in [1.82, 2.24) is 15.2 Å². The highest BCUT2D eigenvalue weighted by Gasteiger charge is 2.37. The molecule has 3 aromatic carbocycles. The third-order valence-electron chi connectivity index (χ3n) is 6.76. The van der Waals surface area contributed by atoms with Crippen LogP contribution >= 0.6 is 11.6 Å². The molecule has 2 atom stereocenters. The number of hydrogen-bond acceptors (Lipinski definition) is 3. The summed E-state index contributed by atoms with van der Waals surface area (Å²) in [5.41, 5.74) is 5.07. The molecule has 1 aliphatic rings. The van der Waals surface area contributed by atoms with Crippen molar-refractivity contribution >= 4 is 34.3 Å². The molecule has 0 aliphatic carbocycles. The van der Waals surface area contributed by atoms with Crippen LogP contribution in [0.2, 0.25) is 5.02 Å². The number of hydrogen-bond donors (Lipinski definition) is 2. The first-order valence-electron chi connectivity index (χ1n) is 12.0. The van der Waals surface area contributed by atoms with Crippen LogP contribution in [0.5, 0.6) is 5.75 Å². The molecule has 2 heterocycles. The van der Waals surface area contributed by atoms with Gasteiger partial charge in [0.05, 0.1) is 13.2 Å². The van der Waals surface area contributed by atoms with Gasteiger partial charge in [-0.2, -0.15) is 0 Å². The Labute approximate surface area is 215 Å². The summed E-state index contributed by atoms with van der Waals surface area (Å²) in [5, 5.41) is 4.65. The molecule has 0 fully saturated rings. The van der Waals surface area contributed by atoms with E-state index in [1.165, 1.54) is 6.92 Å². The van der Waals surface area contributed by atoms with Crippen molar-refractivity contribution in [3.8, 4) is 5.75 Å². The molecule has 4 aromatic rings. The number of aromatic amines is 1. The predicted molar refractivity (Wildman–Crippen MR) is 141 cm³/mol. The van der Waals surface area contributed by atoms with Crippen molar-refractivity contribution in [2.45, 2.75) is 31.8 Å². The molecule has 2 amide bonds. The fraction of sp³-hybridized carbons (Fsp3) is 0.241. The zero-order valence-electron chi connectivity index (χ0n) is 20.3. The molecule has 5 rings (SSSR count). The van der Waals surface area contributed by atoms with E-state index in [1.54, 1.807) is 7.11 Å². The first-order chi connectivity index (χ1) is 17.4. The van der Waals surface area contributed by atoms with Crippen LogP contribution in [0.1, 0.15) is 35.3 Å². The second kappa shape index (κ2) is 10.1.